The molecule has 1 atom stereocenters. The highest BCUT2D eigenvalue weighted by Crippen LogP contribution is 2.20. The van der Waals surface area contributed by atoms with Crippen LogP contribution in [-0.4, -0.2) is 14.8 Å². The molecule has 0 aliphatic rings. The standard InChI is InChI=1S/C16H16N4/c1-13(14-5-3-8-17-12-14)19-15-6-2-7-16(11-15)20-10-4-9-18-20/h2-13,19H,1H3. The summed E-state index contributed by atoms with van der Waals surface area (Å²) in [5.41, 5.74) is 3.27. The molecule has 1 unspecified atom stereocenters. The SMILES string of the molecule is CC(Nc1cccc(-n2cccn2)c1)c1cccnc1. The quantitative estimate of drug-likeness (QED) is 0.785. The van der Waals surface area contributed by atoms with Gasteiger partial charge in [-0.1, -0.05) is 12.1 Å². The van der Waals surface area contributed by atoms with Crippen molar-refractivity contribution in [2.24, 2.45) is 0 Å². The van der Waals surface area contributed by atoms with Crippen molar-refractivity contribution in [3.05, 3.63) is 72.8 Å². The molecule has 3 aromatic rings. The van der Waals surface area contributed by atoms with Crippen molar-refractivity contribution in [3.63, 3.8) is 0 Å². The maximum absolute atomic E-state index is 4.24. The summed E-state index contributed by atoms with van der Waals surface area (Å²) >= 11 is 0. The third kappa shape index (κ3) is 2.69. The molecule has 0 spiro atoms. The zero-order valence-electron chi connectivity index (χ0n) is 11.3. The van der Waals surface area contributed by atoms with E-state index in [1.165, 1.54) is 0 Å². The zero-order chi connectivity index (χ0) is 13.8. The second-order valence-electron chi connectivity index (χ2n) is 4.65. The van der Waals surface area contributed by atoms with Gasteiger partial charge in [-0.25, -0.2) is 4.68 Å². The first-order chi connectivity index (χ1) is 9.83. The minimum atomic E-state index is 0.205. The Bertz CT molecular complexity index is 662. The molecule has 0 saturated heterocycles. The summed E-state index contributed by atoms with van der Waals surface area (Å²) in [5, 5.41) is 7.72. The first kappa shape index (κ1) is 12.4. The Morgan fingerprint density at radius 2 is 2.05 bits per heavy atom. The van der Waals surface area contributed by atoms with E-state index in [1.54, 1.807) is 12.4 Å². The average Bonchev–Trinajstić information content (AvgIpc) is 3.03. The van der Waals surface area contributed by atoms with Crippen LogP contribution in [0.5, 0.6) is 0 Å². The van der Waals surface area contributed by atoms with E-state index in [1.807, 2.05) is 41.3 Å². The third-order valence-electron chi connectivity index (χ3n) is 3.18. The molecule has 4 heteroatoms. The molecule has 0 bridgehead atoms. The van der Waals surface area contributed by atoms with Crippen molar-refractivity contribution in [2.75, 3.05) is 5.32 Å². The lowest BCUT2D eigenvalue weighted by atomic mass is 10.1. The van der Waals surface area contributed by atoms with E-state index in [9.17, 15) is 0 Å². The summed E-state index contributed by atoms with van der Waals surface area (Å²) in [4.78, 5) is 4.15. The summed E-state index contributed by atoms with van der Waals surface area (Å²) in [5.74, 6) is 0. The molecule has 20 heavy (non-hydrogen) atoms. The van der Waals surface area contributed by atoms with Crippen LogP contribution in [0.2, 0.25) is 0 Å². The van der Waals surface area contributed by atoms with E-state index in [2.05, 4.69) is 40.5 Å². The van der Waals surface area contributed by atoms with Gasteiger partial charge < -0.3 is 5.32 Å². The number of nitrogens with zero attached hydrogens (tertiary/aromatic N) is 3. The first-order valence-electron chi connectivity index (χ1n) is 6.59. The maximum atomic E-state index is 4.24. The van der Waals surface area contributed by atoms with Gasteiger partial charge in [-0.05, 0) is 42.8 Å². The second-order valence-corrected chi connectivity index (χ2v) is 4.65. The highest BCUT2D eigenvalue weighted by Gasteiger charge is 2.05. The van der Waals surface area contributed by atoms with E-state index in [0.717, 1.165) is 16.9 Å². The zero-order valence-corrected chi connectivity index (χ0v) is 11.3. The number of aromatic nitrogens is 3. The van der Waals surface area contributed by atoms with Crippen molar-refractivity contribution >= 4 is 5.69 Å². The normalized spacial score (nSPS) is 12.1. The molecule has 0 amide bonds. The van der Waals surface area contributed by atoms with Gasteiger partial charge in [0.25, 0.3) is 0 Å². The fourth-order valence-corrected chi connectivity index (χ4v) is 2.13. The number of pyridine rings is 1. The summed E-state index contributed by atoms with van der Waals surface area (Å²) in [6.45, 7) is 2.12. The Morgan fingerprint density at radius 3 is 2.80 bits per heavy atom. The van der Waals surface area contributed by atoms with Crippen molar-refractivity contribution in [2.45, 2.75) is 13.0 Å². The van der Waals surface area contributed by atoms with Gasteiger partial charge in [-0.15, -0.1) is 0 Å². The molecule has 3 rings (SSSR count). The Kier molecular flexibility index (Phi) is 3.46. The fraction of sp³-hybridized carbons (Fsp3) is 0.125. The van der Waals surface area contributed by atoms with Gasteiger partial charge >= 0.3 is 0 Å². The van der Waals surface area contributed by atoms with Crippen LogP contribution in [0.25, 0.3) is 5.69 Å². The highest BCUT2D eigenvalue weighted by molar-refractivity contribution is 5.52. The Hall–Kier alpha value is -2.62. The van der Waals surface area contributed by atoms with Crippen LogP contribution in [0.15, 0.2) is 67.3 Å². The monoisotopic (exact) mass is 264 g/mol. The Balaban J connectivity index is 1.80. The van der Waals surface area contributed by atoms with E-state index < -0.39 is 0 Å². The minimum Gasteiger partial charge on any atom is -0.378 e. The van der Waals surface area contributed by atoms with Gasteiger partial charge in [0.2, 0.25) is 0 Å². The molecule has 0 saturated carbocycles. The summed E-state index contributed by atoms with van der Waals surface area (Å²) in [6, 6.07) is 14.3. The van der Waals surface area contributed by atoms with Crippen molar-refractivity contribution in [3.8, 4) is 5.69 Å². The topological polar surface area (TPSA) is 42.7 Å². The molecular formula is C16H16N4. The number of rotatable bonds is 4. The van der Waals surface area contributed by atoms with Gasteiger partial charge in [0.1, 0.15) is 0 Å². The van der Waals surface area contributed by atoms with Gasteiger partial charge in [0, 0.05) is 30.5 Å². The predicted molar refractivity (Wildman–Crippen MR) is 79.8 cm³/mol. The lowest BCUT2D eigenvalue weighted by Crippen LogP contribution is -2.07. The summed E-state index contributed by atoms with van der Waals surface area (Å²) in [6.07, 6.45) is 7.38. The molecule has 2 heterocycles. The fourth-order valence-electron chi connectivity index (χ4n) is 2.13. The van der Waals surface area contributed by atoms with Gasteiger partial charge in [-0.2, -0.15) is 5.10 Å². The van der Waals surface area contributed by atoms with Crippen LogP contribution in [0.3, 0.4) is 0 Å². The molecule has 0 radical (unpaired) electrons. The van der Waals surface area contributed by atoms with Crippen LogP contribution in [-0.2, 0) is 0 Å². The summed E-state index contributed by atoms with van der Waals surface area (Å²) < 4.78 is 1.85. The smallest absolute Gasteiger partial charge is 0.0666 e. The Morgan fingerprint density at radius 1 is 1.10 bits per heavy atom. The molecular weight excluding hydrogens is 248 g/mol. The Labute approximate surface area is 118 Å². The molecule has 4 nitrogen and oxygen atoms in total. The van der Waals surface area contributed by atoms with E-state index in [4.69, 9.17) is 0 Å². The largest absolute Gasteiger partial charge is 0.378 e. The predicted octanol–water partition coefficient (Wildman–Crippen LogP) is 3.44. The van der Waals surface area contributed by atoms with Crippen molar-refractivity contribution < 1.29 is 0 Å². The van der Waals surface area contributed by atoms with Crippen molar-refractivity contribution in [1.82, 2.24) is 14.8 Å². The molecule has 1 N–H and O–H groups in total. The highest BCUT2D eigenvalue weighted by atomic mass is 15.3. The number of nitrogens with one attached hydrogen (secondary N) is 1. The van der Waals surface area contributed by atoms with E-state index in [-0.39, 0.29) is 6.04 Å². The number of hydrogen-bond donors (Lipinski definition) is 1. The molecule has 1 aromatic carbocycles. The molecule has 100 valence electrons. The third-order valence-corrected chi connectivity index (χ3v) is 3.18. The van der Waals surface area contributed by atoms with Crippen LogP contribution < -0.4 is 5.32 Å². The van der Waals surface area contributed by atoms with E-state index in [0.29, 0.717) is 0 Å². The van der Waals surface area contributed by atoms with Gasteiger partial charge in [0.05, 0.1) is 11.7 Å². The minimum absolute atomic E-state index is 0.205. The summed E-state index contributed by atoms with van der Waals surface area (Å²) in [7, 11) is 0. The lowest BCUT2D eigenvalue weighted by molar-refractivity contribution is 0.865. The molecule has 0 aliphatic carbocycles. The van der Waals surface area contributed by atoms with Crippen LogP contribution in [0.4, 0.5) is 5.69 Å². The van der Waals surface area contributed by atoms with Crippen LogP contribution >= 0.6 is 0 Å². The van der Waals surface area contributed by atoms with E-state index >= 15 is 0 Å². The molecule has 2 aromatic heterocycles. The average molecular weight is 264 g/mol. The lowest BCUT2D eigenvalue weighted by Gasteiger charge is -2.16. The molecule has 0 aliphatic heterocycles. The maximum Gasteiger partial charge on any atom is 0.0666 e. The number of hydrogen-bond acceptors (Lipinski definition) is 3. The van der Waals surface area contributed by atoms with Crippen molar-refractivity contribution in [1.29, 1.82) is 0 Å². The second kappa shape index (κ2) is 5.57. The number of anilines is 1. The molecule has 0 fully saturated rings. The first-order valence-corrected chi connectivity index (χ1v) is 6.59. The van der Waals surface area contributed by atoms with Crippen LogP contribution in [0, 0.1) is 0 Å². The van der Waals surface area contributed by atoms with Gasteiger partial charge in [0.15, 0.2) is 0 Å². The van der Waals surface area contributed by atoms with Gasteiger partial charge in [-0.3, -0.25) is 4.98 Å². The number of benzene rings is 1. The van der Waals surface area contributed by atoms with Crippen LogP contribution in [0.1, 0.15) is 18.5 Å².